The minimum absolute atomic E-state index is 0.0666. The average Bonchev–Trinajstić information content (AvgIpc) is 3.00. The third kappa shape index (κ3) is 6.66. The SMILES string of the molecule is CCCN1CCC2(CC1)CC(Oc1cccnc1)CO2.O=C(O)C(F)(F)F. The van der Waals surface area contributed by atoms with Crippen molar-refractivity contribution in [3.8, 4) is 5.75 Å². The van der Waals surface area contributed by atoms with Gasteiger partial charge < -0.3 is 19.5 Å². The van der Waals surface area contributed by atoms with E-state index in [1.807, 2.05) is 12.1 Å². The van der Waals surface area contributed by atoms with Crippen LogP contribution in [-0.2, 0) is 9.53 Å². The van der Waals surface area contributed by atoms with Gasteiger partial charge in [-0.25, -0.2) is 4.79 Å². The Morgan fingerprint density at radius 2 is 2.11 bits per heavy atom. The van der Waals surface area contributed by atoms with E-state index in [4.69, 9.17) is 19.4 Å². The maximum Gasteiger partial charge on any atom is 0.490 e. The van der Waals surface area contributed by atoms with Gasteiger partial charge in [-0.3, -0.25) is 4.98 Å². The second-order valence-corrected chi connectivity index (χ2v) is 6.77. The van der Waals surface area contributed by atoms with E-state index in [0.717, 1.165) is 38.1 Å². The minimum atomic E-state index is -5.08. The third-order valence-electron chi connectivity index (χ3n) is 4.66. The zero-order valence-electron chi connectivity index (χ0n) is 15.2. The van der Waals surface area contributed by atoms with Gasteiger partial charge in [-0.05, 0) is 37.9 Å². The van der Waals surface area contributed by atoms with E-state index in [1.165, 1.54) is 13.0 Å². The molecule has 1 aromatic rings. The Balaban J connectivity index is 0.000000321. The maximum absolute atomic E-state index is 10.6. The number of rotatable bonds is 4. The summed E-state index contributed by atoms with van der Waals surface area (Å²) in [6, 6.07) is 3.87. The molecule has 1 N–H and O–H groups in total. The van der Waals surface area contributed by atoms with Crippen molar-refractivity contribution in [2.75, 3.05) is 26.2 Å². The molecule has 1 aromatic heterocycles. The summed E-state index contributed by atoms with van der Waals surface area (Å²) in [5, 5.41) is 7.12. The molecule has 1 atom stereocenters. The highest BCUT2D eigenvalue weighted by atomic mass is 19.4. The van der Waals surface area contributed by atoms with Crippen LogP contribution in [0.25, 0.3) is 0 Å². The smallest absolute Gasteiger partial charge is 0.486 e. The Morgan fingerprint density at radius 3 is 2.63 bits per heavy atom. The molecule has 2 saturated heterocycles. The number of aliphatic carboxylic acids is 1. The first-order valence-electron chi connectivity index (χ1n) is 8.97. The Morgan fingerprint density at radius 1 is 1.44 bits per heavy atom. The van der Waals surface area contributed by atoms with Crippen LogP contribution in [-0.4, -0.2) is 65.1 Å². The topological polar surface area (TPSA) is 71.9 Å². The van der Waals surface area contributed by atoms with Crippen molar-refractivity contribution in [1.29, 1.82) is 0 Å². The zero-order chi connectivity index (χ0) is 19.9. The number of hydrogen-bond acceptors (Lipinski definition) is 5. The van der Waals surface area contributed by atoms with E-state index >= 15 is 0 Å². The lowest BCUT2D eigenvalue weighted by Crippen LogP contribution is -2.44. The van der Waals surface area contributed by atoms with Crippen LogP contribution in [0, 0.1) is 0 Å². The quantitative estimate of drug-likeness (QED) is 0.852. The number of carboxylic acid groups (broad SMARTS) is 1. The number of pyridine rings is 1. The molecule has 27 heavy (non-hydrogen) atoms. The van der Waals surface area contributed by atoms with Crippen molar-refractivity contribution in [3.63, 3.8) is 0 Å². The molecule has 6 nitrogen and oxygen atoms in total. The number of carbonyl (C=O) groups is 1. The van der Waals surface area contributed by atoms with Gasteiger partial charge in [0.25, 0.3) is 0 Å². The molecule has 2 fully saturated rings. The molecule has 1 spiro atoms. The Kier molecular flexibility index (Phi) is 7.43. The number of piperidine rings is 1. The minimum Gasteiger partial charge on any atom is -0.486 e. The number of nitrogens with zero attached hydrogens (tertiary/aromatic N) is 2. The largest absolute Gasteiger partial charge is 0.490 e. The molecule has 1 unspecified atom stereocenters. The summed E-state index contributed by atoms with van der Waals surface area (Å²) in [6.45, 7) is 6.49. The lowest BCUT2D eigenvalue weighted by Gasteiger charge is -2.38. The molecule has 3 heterocycles. The maximum atomic E-state index is 10.6. The molecule has 0 aliphatic carbocycles. The number of aromatic nitrogens is 1. The Hall–Kier alpha value is -1.87. The summed E-state index contributed by atoms with van der Waals surface area (Å²) in [5.74, 6) is -1.91. The number of carboxylic acids is 1. The molecule has 0 amide bonds. The highest BCUT2D eigenvalue weighted by Crippen LogP contribution is 2.37. The van der Waals surface area contributed by atoms with Gasteiger partial charge in [0.05, 0.1) is 18.4 Å². The molecule has 0 radical (unpaired) electrons. The monoisotopic (exact) mass is 390 g/mol. The first kappa shape index (κ1) is 21.4. The standard InChI is InChI=1S/C16H24N2O2.C2HF3O2/c1-2-8-18-9-5-16(6-10-18)11-15(13-19-16)20-14-4-3-7-17-12-14;3-2(4,5)1(6)7/h3-4,7,12,15H,2,5-6,8-11,13H2,1H3;(H,6,7). The highest BCUT2D eigenvalue weighted by molar-refractivity contribution is 5.73. The molecule has 2 aliphatic rings. The summed E-state index contributed by atoms with van der Waals surface area (Å²) >= 11 is 0. The van der Waals surface area contributed by atoms with Gasteiger partial charge in [0.2, 0.25) is 0 Å². The van der Waals surface area contributed by atoms with Crippen LogP contribution in [0.4, 0.5) is 13.2 Å². The van der Waals surface area contributed by atoms with Gasteiger partial charge >= 0.3 is 12.1 Å². The van der Waals surface area contributed by atoms with Crippen molar-refractivity contribution in [3.05, 3.63) is 24.5 Å². The van der Waals surface area contributed by atoms with Gasteiger partial charge in [-0.2, -0.15) is 13.2 Å². The first-order chi connectivity index (χ1) is 12.7. The second kappa shape index (κ2) is 9.36. The predicted molar refractivity (Wildman–Crippen MR) is 91.6 cm³/mol. The summed E-state index contributed by atoms with van der Waals surface area (Å²) in [7, 11) is 0. The summed E-state index contributed by atoms with van der Waals surface area (Å²) in [5.41, 5.74) is 0.0666. The van der Waals surface area contributed by atoms with Gasteiger partial charge in [-0.15, -0.1) is 0 Å². The van der Waals surface area contributed by atoms with Crippen LogP contribution < -0.4 is 4.74 Å². The van der Waals surface area contributed by atoms with Gasteiger partial charge in [-0.1, -0.05) is 6.92 Å². The number of halogens is 3. The third-order valence-corrected chi connectivity index (χ3v) is 4.66. The molecular weight excluding hydrogens is 365 g/mol. The van der Waals surface area contributed by atoms with Crippen LogP contribution >= 0.6 is 0 Å². The lowest BCUT2D eigenvalue weighted by molar-refractivity contribution is -0.192. The molecule has 0 bridgehead atoms. The van der Waals surface area contributed by atoms with Crippen LogP contribution in [0.2, 0.25) is 0 Å². The second-order valence-electron chi connectivity index (χ2n) is 6.77. The van der Waals surface area contributed by atoms with E-state index in [1.54, 1.807) is 12.4 Å². The van der Waals surface area contributed by atoms with E-state index < -0.39 is 12.1 Å². The molecule has 152 valence electrons. The van der Waals surface area contributed by atoms with Gasteiger partial charge in [0.1, 0.15) is 11.9 Å². The van der Waals surface area contributed by atoms with Crippen LogP contribution in [0.3, 0.4) is 0 Å². The van der Waals surface area contributed by atoms with Crippen LogP contribution in [0.5, 0.6) is 5.75 Å². The number of alkyl halides is 3. The normalized spacial score (nSPS) is 22.1. The summed E-state index contributed by atoms with van der Waals surface area (Å²) < 4.78 is 43.8. The molecule has 0 saturated carbocycles. The van der Waals surface area contributed by atoms with E-state index in [0.29, 0.717) is 6.61 Å². The summed E-state index contributed by atoms with van der Waals surface area (Å²) in [6.07, 6.45) is 3.16. The van der Waals surface area contributed by atoms with Crippen molar-refractivity contribution in [1.82, 2.24) is 9.88 Å². The van der Waals surface area contributed by atoms with Crippen molar-refractivity contribution >= 4 is 5.97 Å². The van der Waals surface area contributed by atoms with Gasteiger partial charge in [0.15, 0.2) is 0 Å². The van der Waals surface area contributed by atoms with E-state index in [2.05, 4.69) is 16.8 Å². The fraction of sp³-hybridized carbons (Fsp3) is 0.667. The van der Waals surface area contributed by atoms with Crippen molar-refractivity contribution in [2.45, 2.75) is 50.5 Å². The van der Waals surface area contributed by atoms with E-state index in [-0.39, 0.29) is 11.7 Å². The van der Waals surface area contributed by atoms with Crippen LogP contribution in [0.1, 0.15) is 32.6 Å². The fourth-order valence-electron chi connectivity index (χ4n) is 3.34. The molecule has 0 aromatic carbocycles. The fourth-order valence-corrected chi connectivity index (χ4v) is 3.34. The summed E-state index contributed by atoms with van der Waals surface area (Å²) in [4.78, 5) is 15.5. The lowest BCUT2D eigenvalue weighted by atomic mass is 9.88. The van der Waals surface area contributed by atoms with Gasteiger partial charge in [0, 0.05) is 25.7 Å². The number of hydrogen-bond donors (Lipinski definition) is 1. The Bertz CT molecular complexity index is 590. The van der Waals surface area contributed by atoms with Crippen molar-refractivity contribution < 1.29 is 32.5 Å². The Labute approximate surface area is 156 Å². The molecular formula is C18H25F3N2O4. The first-order valence-corrected chi connectivity index (χ1v) is 8.97. The molecule has 3 rings (SSSR count). The number of ether oxygens (including phenoxy) is 2. The van der Waals surface area contributed by atoms with Crippen molar-refractivity contribution in [2.24, 2.45) is 0 Å². The average molecular weight is 390 g/mol. The predicted octanol–water partition coefficient (Wildman–Crippen LogP) is 3.13. The molecule has 2 aliphatic heterocycles. The number of likely N-dealkylation sites (tertiary alicyclic amines) is 1. The molecule has 9 heteroatoms. The van der Waals surface area contributed by atoms with E-state index in [9.17, 15) is 13.2 Å². The van der Waals surface area contributed by atoms with Crippen LogP contribution in [0.15, 0.2) is 24.5 Å². The zero-order valence-corrected chi connectivity index (χ0v) is 15.2. The highest BCUT2D eigenvalue weighted by Gasteiger charge is 2.43.